The van der Waals surface area contributed by atoms with E-state index in [0.29, 0.717) is 18.6 Å². The van der Waals surface area contributed by atoms with Crippen molar-refractivity contribution in [2.45, 2.75) is 61.8 Å². The summed E-state index contributed by atoms with van der Waals surface area (Å²) in [5, 5.41) is 2.67. The summed E-state index contributed by atoms with van der Waals surface area (Å²) in [6.07, 6.45) is 2.99. The zero-order chi connectivity index (χ0) is 19.2. The van der Waals surface area contributed by atoms with Gasteiger partial charge in [0.05, 0.1) is 13.2 Å². The van der Waals surface area contributed by atoms with Crippen LogP contribution in [0.1, 0.15) is 46.0 Å². The molecule has 0 saturated heterocycles. The van der Waals surface area contributed by atoms with E-state index in [4.69, 9.17) is 39.5 Å². The molecule has 0 aromatic rings. The lowest BCUT2D eigenvalue weighted by molar-refractivity contribution is -0.146. The van der Waals surface area contributed by atoms with Gasteiger partial charge in [0.2, 0.25) is 5.91 Å². The van der Waals surface area contributed by atoms with Crippen LogP contribution >= 0.6 is 34.8 Å². The summed E-state index contributed by atoms with van der Waals surface area (Å²) in [6, 6.07) is -1.43. The van der Waals surface area contributed by atoms with Gasteiger partial charge in [0.15, 0.2) is 3.79 Å². The van der Waals surface area contributed by atoms with E-state index >= 15 is 0 Å². The number of nitrogens with one attached hydrogen (secondary N) is 1. The van der Waals surface area contributed by atoms with Crippen LogP contribution in [0.5, 0.6) is 0 Å². The summed E-state index contributed by atoms with van der Waals surface area (Å²) in [5.74, 6) is -0.893. The summed E-state index contributed by atoms with van der Waals surface area (Å²) in [7, 11) is 1.41. The van der Waals surface area contributed by atoms with Crippen LogP contribution < -0.4 is 5.32 Å². The van der Waals surface area contributed by atoms with E-state index in [1.807, 2.05) is 6.92 Å². The van der Waals surface area contributed by atoms with Crippen molar-refractivity contribution in [3.05, 3.63) is 11.8 Å². The molecule has 0 saturated carbocycles. The Hall–Kier alpha value is -0.980. The first-order valence-electron chi connectivity index (χ1n) is 8.13. The summed E-state index contributed by atoms with van der Waals surface area (Å²) in [4.78, 5) is 38.0. The molecule has 6 nitrogen and oxygen atoms in total. The van der Waals surface area contributed by atoms with E-state index in [0.717, 1.165) is 4.90 Å². The molecule has 9 heteroatoms. The largest absolute Gasteiger partial charge is 0.499 e. The second kappa shape index (κ2) is 9.64. The summed E-state index contributed by atoms with van der Waals surface area (Å²) >= 11 is 17.4. The van der Waals surface area contributed by atoms with Gasteiger partial charge >= 0.3 is 0 Å². The fraction of sp³-hybridized carbons (Fsp3) is 0.688. The van der Waals surface area contributed by atoms with E-state index in [-0.39, 0.29) is 25.2 Å². The number of carbonyl (C=O) groups excluding carboxylic acids is 3. The van der Waals surface area contributed by atoms with Crippen molar-refractivity contribution >= 4 is 52.5 Å². The third kappa shape index (κ3) is 6.35. The number of hydrogen-bond acceptors (Lipinski definition) is 4. The van der Waals surface area contributed by atoms with Gasteiger partial charge in [0, 0.05) is 12.5 Å². The normalized spacial score (nSPS) is 18.8. The van der Waals surface area contributed by atoms with Crippen LogP contribution in [-0.2, 0) is 19.1 Å². The van der Waals surface area contributed by atoms with Crippen LogP contribution in [-0.4, -0.2) is 45.6 Å². The quantitative estimate of drug-likeness (QED) is 0.620. The molecule has 0 fully saturated rings. The summed E-state index contributed by atoms with van der Waals surface area (Å²) in [6.45, 7) is 3.58. The minimum Gasteiger partial charge on any atom is -0.499 e. The molecular formula is C16H23Cl3N2O4. The van der Waals surface area contributed by atoms with Crippen molar-refractivity contribution in [2.24, 2.45) is 0 Å². The molecule has 142 valence electrons. The second-order valence-electron chi connectivity index (χ2n) is 5.73. The van der Waals surface area contributed by atoms with Gasteiger partial charge in [-0.3, -0.25) is 19.3 Å². The smallest absolute Gasteiger partial charge is 0.257 e. The fourth-order valence-corrected chi connectivity index (χ4v) is 2.93. The van der Waals surface area contributed by atoms with Crippen LogP contribution in [0.2, 0.25) is 0 Å². The lowest BCUT2D eigenvalue weighted by atomic mass is 10.1. The SMILES string of the molecule is CCC[C@@H](NC(=O)CC)C(=O)N1C(=O)C=C(OC)[C@@H]1CCC(Cl)(Cl)Cl. The number of alkyl halides is 3. The van der Waals surface area contributed by atoms with Gasteiger partial charge in [-0.1, -0.05) is 55.1 Å². The number of amides is 3. The maximum absolute atomic E-state index is 12.9. The van der Waals surface area contributed by atoms with Gasteiger partial charge in [0.1, 0.15) is 11.8 Å². The summed E-state index contributed by atoms with van der Waals surface area (Å²) in [5.41, 5.74) is 0. The first kappa shape index (κ1) is 22.1. The van der Waals surface area contributed by atoms with Crippen molar-refractivity contribution in [3.63, 3.8) is 0 Å². The summed E-state index contributed by atoms with van der Waals surface area (Å²) < 4.78 is 3.71. The average molecular weight is 414 g/mol. The van der Waals surface area contributed by atoms with Gasteiger partial charge in [-0.05, 0) is 19.3 Å². The molecule has 0 aliphatic carbocycles. The molecular weight excluding hydrogens is 391 g/mol. The molecule has 1 aliphatic rings. The third-order valence-electron chi connectivity index (χ3n) is 3.85. The van der Waals surface area contributed by atoms with Gasteiger partial charge < -0.3 is 10.1 Å². The number of hydrogen-bond donors (Lipinski definition) is 1. The zero-order valence-corrected chi connectivity index (χ0v) is 16.7. The van der Waals surface area contributed by atoms with Crippen molar-refractivity contribution in [1.29, 1.82) is 0 Å². The average Bonchev–Trinajstić information content (AvgIpc) is 2.86. The van der Waals surface area contributed by atoms with E-state index in [1.165, 1.54) is 13.2 Å². The van der Waals surface area contributed by atoms with Crippen molar-refractivity contribution in [2.75, 3.05) is 7.11 Å². The molecule has 3 amide bonds. The number of ether oxygens (including phenoxy) is 1. The Bertz CT molecular complexity index is 546. The molecule has 0 aromatic heterocycles. The number of rotatable bonds is 8. The second-order valence-corrected chi connectivity index (χ2v) is 8.25. The molecule has 1 rings (SSSR count). The van der Waals surface area contributed by atoms with Crippen molar-refractivity contribution < 1.29 is 19.1 Å². The lowest BCUT2D eigenvalue weighted by Crippen LogP contribution is -2.52. The van der Waals surface area contributed by atoms with Crippen LogP contribution in [0.3, 0.4) is 0 Å². The standard InChI is InChI=1S/C16H23Cl3N2O4/c1-4-6-10(20-13(22)5-2)15(24)21-11(7-8-16(17,18)19)12(25-3)9-14(21)23/h9-11H,4-8H2,1-3H3,(H,20,22)/t10-,11+/m1/s1. The lowest BCUT2D eigenvalue weighted by Gasteiger charge is -2.29. The number of halogens is 3. The first-order chi connectivity index (χ1) is 11.6. The molecule has 0 radical (unpaired) electrons. The van der Waals surface area contributed by atoms with E-state index in [9.17, 15) is 14.4 Å². The Labute approximate surface area is 162 Å². The third-order valence-corrected chi connectivity index (χ3v) is 4.42. The topological polar surface area (TPSA) is 75.7 Å². The Kier molecular flexibility index (Phi) is 8.51. The predicted molar refractivity (Wildman–Crippen MR) is 97.4 cm³/mol. The highest BCUT2D eigenvalue weighted by atomic mass is 35.6. The van der Waals surface area contributed by atoms with Crippen LogP contribution in [0.25, 0.3) is 0 Å². The van der Waals surface area contributed by atoms with Crippen molar-refractivity contribution in [1.82, 2.24) is 10.2 Å². The number of carbonyl (C=O) groups is 3. The zero-order valence-electron chi connectivity index (χ0n) is 14.5. The number of methoxy groups -OCH3 is 1. The first-order valence-corrected chi connectivity index (χ1v) is 9.26. The molecule has 0 unspecified atom stereocenters. The van der Waals surface area contributed by atoms with Gasteiger partial charge in [-0.25, -0.2) is 0 Å². The van der Waals surface area contributed by atoms with Crippen molar-refractivity contribution in [3.8, 4) is 0 Å². The predicted octanol–water partition coefficient (Wildman–Crippen LogP) is 3.10. The van der Waals surface area contributed by atoms with Crippen LogP contribution in [0.4, 0.5) is 0 Å². The maximum Gasteiger partial charge on any atom is 0.257 e. The number of nitrogens with zero attached hydrogens (tertiary/aromatic N) is 1. The van der Waals surface area contributed by atoms with E-state index < -0.39 is 27.7 Å². The highest BCUT2D eigenvalue weighted by Gasteiger charge is 2.41. The Morgan fingerprint density at radius 2 is 2.00 bits per heavy atom. The highest BCUT2D eigenvalue weighted by molar-refractivity contribution is 6.67. The fourth-order valence-electron chi connectivity index (χ4n) is 2.61. The minimum absolute atomic E-state index is 0.139. The van der Waals surface area contributed by atoms with Crippen LogP contribution in [0.15, 0.2) is 11.8 Å². The molecule has 0 aromatic carbocycles. The van der Waals surface area contributed by atoms with Gasteiger partial charge in [-0.2, -0.15) is 0 Å². The highest BCUT2D eigenvalue weighted by Crippen LogP contribution is 2.35. The molecule has 1 N–H and O–H groups in total. The van der Waals surface area contributed by atoms with E-state index in [2.05, 4.69) is 5.32 Å². The molecule has 25 heavy (non-hydrogen) atoms. The Balaban J connectivity index is 3.00. The monoisotopic (exact) mass is 412 g/mol. The van der Waals surface area contributed by atoms with E-state index in [1.54, 1.807) is 6.92 Å². The molecule has 2 atom stereocenters. The van der Waals surface area contributed by atoms with Gasteiger partial charge in [0.25, 0.3) is 11.8 Å². The molecule has 0 bridgehead atoms. The Morgan fingerprint density at radius 3 is 2.48 bits per heavy atom. The number of imide groups is 1. The van der Waals surface area contributed by atoms with Gasteiger partial charge in [-0.15, -0.1) is 0 Å². The minimum atomic E-state index is -1.50. The van der Waals surface area contributed by atoms with Crippen LogP contribution in [0, 0.1) is 0 Å². The molecule has 0 spiro atoms. The maximum atomic E-state index is 12.9. The molecule has 1 heterocycles. The Morgan fingerprint density at radius 1 is 1.36 bits per heavy atom. The molecule has 1 aliphatic heterocycles.